The number of carbonyl (C=O) groups is 1. The molecule has 3 rings (SSSR count). The van der Waals surface area contributed by atoms with Crippen molar-refractivity contribution in [2.45, 2.75) is 17.9 Å². The second kappa shape index (κ2) is 5.43. The van der Waals surface area contributed by atoms with E-state index in [-0.39, 0.29) is 12.2 Å². The van der Waals surface area contributed by atoms with E-state index in [0.717, 1.165) is 11.1 Å². The minimum Gasteiger partial charge on any atom is -0.497 e. The van der Waals surface area contributed by atoms with E-state index in [1.54, 1.807) is 19.3 Å². The predicted molar refractivity (Wildman–Crippen MR) is 85.4 cm³/mol. The fourth-order valence-electron chi connectivity index (χ4n) is 3.17. The summed E-state index contributed by atoms with van der Waals surface area (Å²) in [6.07, 6.45) is 1.94. The van der Waals surface area contributed by atoms with Crippen LogP contribution in [0.2, 0.25) is 0 Å². The van der Waals surface area contributed by atoms with Crippen molar-refractivity contribution in [2.75, 3.05) is 7.11 Å². The average Bonchev–Trinajstić information content (AvgIpc) is 2.80. The molecule has 2 aromatic carbocycles. The summed E-state index contributed by atoms with van der Waals surface area (Å²) in [6.45, 7) is 3.82. The van der Waals surface area contributed by atoms with Gasteiger partial charge in [0.2, 0.25) is 0 Å². The number of ether oxygens (including phenoxy) is 1. The summed E-state index contributed by atoms with van der Waals surface area (Å²) in [5, 5.41) is 11.1. The zero-order valence-electron chi connectivity index (χ0n) is 12.5. The SMILES string of the molecule is C=C[C@H](c1ccccc1)[C@]1(O)Cc2ccc(OC)cc2C1=O. The maximum absolute atomic E-state index is 12.8. The van der Waals surface area contributed by atoms with Gasteiger partial charge in [-0.2, -0.15) is 0 Å². The lowest BCUT2D eigenvalue weighted by molar-refractivity contribution is 0.0299. The van der Waals surface area contributed by atoms with Gasteiger partial charge in [-0.3, -0.25) is 4.79 Å². The van der Waals surface area contributed by atoms with Crippen LogP contribution in [0.1, 0.15) is 27.4 Å². The van der Waals surface area contributed by atoms with Crippen LogP contribution in [0.4, 0.5) is 0 Å². The van der Waals surface area contributed by atoms with Gasteiger partial charge in [0.25, 0.3) is 0 Å². The third kappa shape index (κ3) is 2.14. The molecule has 0 unspecified atom stereocenters. The Bertz CT molecular complexity index is 721. The molecule has 0 aromatic heterocycles. The van der Waals surface area contributed by atoms with Gasteiger partial charge in [-0.05, 0) is 23.3 Å². The van der Waals surface area contributed by atoms with Gasteiger partial charge in [-0.1, -0.05) is 42.5 Å². The van der Waals surface area contributed by atoms with Crippen LogP contribution in [0, 0.1) is 0 Å². The van der Waals surface area contributed by atoms with E-state index in [4.69, 9.17) is 4.74 Å². The van der Waals surface area contributed by atoms with E-state index in [9.17, 15) is 9.90 Å². The van der Waals surface area contributed by atoms with Gasteiger partial charge in [0.15, 0.2) is 5.78 Å². The largest absolute Gasteiger partial charge is 0.497 e. The van der Waals surface area contributed by atoms with Gasteiger partial charge in [-0.15, -0.1) is 6.58 Å². The number of ketones is 1. The van der Waals surface area contributed by atoms with Gasteiger partial charge < -0.3 is 9.84 Å². The molecule has 0 saturated heterocycles. The summed E-state index contributed by atoms with van der Waals surface area (Å²) in [7, 11) is 1.56. The van der Waals surface area contributed by atoms with Crippen molar-refractivity contribution in [1.82, 2.24) is 0 Å². The molecular formula is C19H18O3. The van der Waals surface area contributed by atoms with Crippen molar-refractivity contribution in [3.05, 3.63) is 77.9 Å². The summed E-state index contributed by atoms with van der Waals surface area (Å²) in [4.78, 5) is 12.8. The predicted octanol–water partition coefficient (Wildman–Crippen LogP) is 3.13. The zero-order chi connectivity index (χ0) is 15.7. The number of carbonyl (C=O) groups excluding carboxylic acids is 1. The van der Waals surface area contributed by atoms with Crippen LogP contribution in [-0.2, 0) is 6.42 Å². The summed E-state index contributed by atoms with van der Waals surface area (Å²) in [6, 6.07) is 14.8. The molecule has 0 radical (unpaired) electrons. The maximum atomic E-state index is 12.8. The molecule has 1 N–H and O–H groups in total. The van der Waals surface area contributed by atoms with Gasteiger partial charge >= 0.3 is 0 Å². The molecule has 0 heterocycles. The Morgan fingerprint density at radius 1 is 1.27 bits per heavy atom. The Morgan fingerprint density at radius 3 is 2.64 bits per heavy atom. The monoisotopic (exact) mass is 294 g/mol. The van der Waals surface area contributed by atoms with Crippen molar-refractivity contribution >= 4 is 5.78 Å². The smallest absolute Gasteiger partial charge is 0.196 e. The molecule has 22 heavy (non-hydrogen) atoms. The van der Waals surface area contributed by atoms with E-state index in [0.29, 0.717) is 11.3 Å². The number of hydrogen-bond acceptors (Lipinski definition) is 3. The highest BCUT2D eigenvalue weighted by atomic mass is 16.5. The van der Waals surface area contributed by atoms with Crippen molar-refractivity contribution in [3.63, 3.8) is 0 Å². The number of aliphatic hydroxyl groups is 1. The quantitative estimate of drug-likeness (QED) is 0.881. The summed E-state index contributed by atoms with van der Waals surface area (Å²) >= 11 is 0. The normalized spacial score (nSPS) is 21.3. The highest BCUT2D eigenvalue weighted by molar-refractivity contribution is 6.08. The molecule has 0 spiro atoms. The molecule has 3 heteroatoms. The number of Topliss-reactive ketones (excluding diaryl/α,β-unsaturated/α-hetero) is 1. The van der Waals surface area contributed by atoms with Crippen molar-refractivity contribution in [1.29, 1.82) is 0 Å². The Labute approximate surface area is 129 Å². The summed E-state index contributed by atoms with van der Waals surface area (Å²) in [5.74, 6) is -0.0963. The van der Waals surface area contributed by atoms with Crippen LogP contribution < -0.4 is 4.74 Å². The second-order valence-electron chi connectivity index (χ2n) is 5.58. The van der Waals surface area contributed by atoms with E-state index in [1.165, 1.54) is 0 Å². The molecule has 0 fully saturated rings. The van der Waals surface area contributed by atoms with E-state index in [1.807, 2.05) is 42.5 Å². The number of hydrogen-bond donors (Lipinski definition) is 1. The fraction of sp³-hybridized carbons (Fsp3) is 0.211. The third-order valence-electron chi connectivity index (χ3n) is 4.32. The first-order valence-electron chi connectivity index (χ1n) is 7.21. The topological polar surface area (TPSA) is 46.5 Å². The lowest BCUT2D eigenvalue weighted by Gasteiger charge is -2.29. The highest BCUT2D eigenvalue weighted by Gasteiger charge is 2.49. The Kier molecular flexibility index (Phi) is 3.59. The lowest BCUT2D eigenvalue weighted by Crippen LogP contribution is -2.41. The van der Waals surface area contributed by atoms with Crippen LogP contribution in [0.25, 0.3) is 0 Å². The van der Waals surface area contributed by atoms with E-state index >= 15 is 0 Å². The number of benzene rings is 2. The first-order chi connectivity index (χ1) is 10.6. The summed E-state index contributed by atoms with van der Waals surface area (Å²) in [5.41, 5.74) is 0.770. The standard InChI is InChI=1S/C19H18O3/c1-3-17(13-7-5-4-6-8-13)19(21)12-14-9-10-15(22-2)11-16(14)18(19)20/h3-11,17,21H,1,12H2,2H3/t17-,19-/m1/s1. The second-order valence-corrected chi connectivity index (χ2v) is 5.58. The molecule has 3 nitrogen and oxygen atoms in total. The van der Waals surface area contributed by atoms with Crippen molar-refractivity contribution < 1.29 is 14.6 Å². The molecule has 2 atom stereocenters. The molecule has 2 aromatic rings. The molecule has 1 aliphatic carbocycles. The van der Waals surface area contributed by atoms with Gasteiger partial charge in [0.05, 0.1) is 7.11 Å². The van der Waals surface area contributed by atoms with Crippen LogP contribution in [-0.4, -0.2) is 23.6 Å². The van der Waals surface area contributed by atoms with Crippen LogP contribution in [0.5, 0.6) is 5.75 Å². The van der Waals surface area contributed by atoms with E-state index in [2.05, 4.69) is 6.58 Å². The molecular weight excluding hydrogens is 276 g/mol. The maximum Gasteiger partial charge on any atom is 0.196 e. The molecule has 0 aliphatic heterocycles. The highest BCUT2D eigenvalue weighted by Crippen LogP contribution is 2.41. The van der Waals surface area contributed by atoms with E-state index < -0.39 is 11.5 Å². The van der Waals surface area contributed by atoms with Gasteiger partial charge in [0, 0.05) is 17.9 Å². The van der Waals surface area contributed by atoms with Crippen molar-refractivity contribution in [2.24, 2.45) is 0 Å². The first-order valence-corrected chi connectivity index (χ1v) is 7.21. The molecule has 1 aliphatic rings. The van der Waals surface area contributed by atoms with Crippen LogP contribution >= 0.6 is 0 Å². The third-order valence-corrected chi connectivity index (χ3v) is 4.32. The Balaban J connectivity index is 2.04. The number of rotatable bonds is 4. The average molecular weight is 294 g/mol. The zero-order valence-corrected chi connectivity index (χ0v) is 12.5. The molecule has 112 valence electrons. The Morgan fingerprint density at radius 2 is 2.00 bits per heavy atom. The van der Waals surface area contributed by atoms with Crippen LogP contribution in [0.3, 0.4) is 0 Å². The molecule has 0 amide bonds. The number of methoxy groups -OCH3 is 1. The van der Waals surface area contributed by atoms with Crippen molar-refractivity contribution in [3.8, 4) is 5.75 Å². The molecule has 0 bridgehead atoms. The van der Waals surface area contributed by atoms with Gasteiger partial charge in [-0.25, -0.2) is 0 Å². The fourth-order valence-corrected chi connectivity index (χ4v) is 3.17. The molecule has 0 saturated carbocycles. The van der Waals surface area contributed by atoms with Gasteiger partial charge in [0.1, 0.15) is 11.4 Å². The first kappa shape index (κ1) is 14.5. The number of fused-ring (bicyclic) bond motifs is 1. The minimum absolute atomic E-state index is 0.268. The Hall–Kier alpha value is -2.39. The minimum atomic E-state index is -1.49. The summed E-state index contributed by atoms with van der Waals surface area (Å²) < 4.78 is 5.17. The lowest BCUT2D eigenvalue weighted by atomic mass is 9.79. The van der Waals surface area contributed by atoms with Crippen LogP contribution in [0.15, 0.2) is 61.2 Å².